The van der Waals surface area contributed by atoms with E-state index < -0.39 is 32.5 Å². The number of piperazine rings is 1. The van der Waals surface area contributed by atoms with Crippen molar-refractivity contribution < 1.29 is 27.1 Å². The second-order valence-electron chi connectivity index (χ2n) is 6.51. The highest BCUT2D eigenvalue weighted by atomic mass is 32.2. The van der Waals surface area contributed by atoms with Crippen LogP contribution in [-0.2, 0) is 10.0 Å². The number of likely N-dealkylation sites (N-methyl/N-ethyl adjacent to an activating group) is 1. The first-order chi connectivity index (χ1) is 13.2. The van der Waals surface area contributed by atoms with Crippen LogP contribution < -0.4 is 9.62 Å². The van der Waals surface area contributed by atoms with Gasteiger partial charge in [-0.25, -0.2) is 22.0 Å². The number of sulfonamides is 1. The average Bonchev–Trinajstić information content (AvgIpc) is 2.64. The van der Waals surface area contributed by atoms with E-state index in [4.69, 9.17) is 0 Å². The van der Waals surface area contributed by atoms with Crippen LogP contribution in [0.1, 0.15) is 10.4 Å². The second kappa shape index (κ2) is 7.72. The fourth-order valence-corrected chi connectivity index (χ4v) is 4.00. The Kier molecular flexibility index (Phi) is 5.52. The molecule has 0 atom stereocenters. The first kappa shape index (κ1) is 20.0. The summed E-state index contributed by atoms with van der Waals surface area (Å²) in [5, 5.41) is 9.24. The summed E-state index contributed by atoms with van der Waals surface area (Å²) in [5.41, 5.74) is 0.485. The Labute approximate surface area is 161 Å². The number of carboxylic acids is 1. The number of nitrogens with zero attached hydrogens (tertiary/aromatic N) is 2. The van der Waals surface area contributed by atoms with Crippen LogP contribution in [0.15, 0.2) is 41.3 Å². The number of aromatic carboxylic acids is 1. The molecule has 10 heteroatoms. The number of rotatable bonds is 5. The van der Waals surface area contributed by atoms with Crippen LogP contribution in [0.25, 0.3) is 0 Å². The quantitative estimate of drug-likeness (QED) is 0.784. The number of carboxylic acid groups (broad SMARTS) is 1. The molecule has 28 heavy (non-hydrogen) atoms. The van der Waals surface area contributed by atoms with Crippen LogP contribution in [0.4, 0.5) is 20.2 Å². The van der Waals surface area contributed by atoms with E-state index in [-0.39, 0.29) is 11.3 Å². The largest absolute Gasteiger partial charge is 0.478 e. The van der Waals surface area contributed by atoms with E-state index >= 15 is 0 Å². The molecule has 1 fully saturated rings. The molecule has 0 saturated carbocycles. The highest BCUT2D eigenvalue weighted by Crippen LogP contribution is 2.30. The van der Waals surface area contributed by atoms with Crippen molar-refractivity contribution in [1.29, 1.82) is 0 Å². The van der Waals surface area contributed by atoms with Crippen molar-refractivity contribution in [3.63, 3.8) is 0 Å². The molecule has 0 unspecified atom stereocenters. The zero-order valence-electron chi connectivity index (χ0n) is 15.0. The third-order valence-corrected chi connectivity index (χ3v) is 5.90. The maximum absolute atomic E-state index is 13.5. The zero-order valence-corrected chi connectivity index (χ0v) is 15.8. The Morgan fingerprint density at radius 3 is 2.32 bits per heavy atom. The Morgan fingerprint density at radius 2 is 1.71 bits per heavy atom. The fraction of sp³-hybridized carbons (Fsp3) is 0.278. The molecule has 3 rings (SSSR count). The van der Waals surface area contributed by atoms with Gasteiger partial charge in [-0.3, -0.25) is 4.72 Å². The third kappa shape index (κ3) is 4.23. The zero-order chi connectivity index (χ0) is 20.5. The summed E-state index contributed by atoms with van der Waals surface area (Å²) >= 11 is 0. The number of anilines is 2. The lowest BCUT2D eigenvalue weighted by molar-refractivity contribution is 0.0697. The minimum atomic E-state index is -4.25. The van der Waals surface area contributed by atoms with Crippen LogP contribution in [0.2, 0.25) is 0 Å². The monoisotopic (exact) mass is 411 g/mol. The van der Waals surface area contributed by atoms with Gasteiger partial charge in [0.25, 0.3) is 10.0 Å². The highest BCUT2D eigenvalue weighted by Gasteiger charge is 2.23. The normalized spacial score (nSPS) is 15.5. The maximum Gasteiger partial charge on any atom is 0.335 e. The molecule has 150 valence electrons. The lowest BCUT2D eigenvalue weighted by Gasteiger charge is -2.35. The van der Waals surface area contributed by atoms with E-state index in [9.17, 15) is 27.1 Å². The molecular weight excluding hydrogens is 392 g/mol. The van der Waals surface area contributed by atoms with Gasteiger partial charge in [0.15, 0.2) is 11.6 Å². The SMILES string of the molecule is CN1CCN(c2ccc(C(=O)O)cc2NS(=O)(=O)c2ccc(F)c(F)c2)CC1. The molecule has 1 aliphatic rings. The molecule has 0 aromatic heterocycles. The van der Waals surface area contributed by atoms with Crippen molar-refractivity contribution in [3.05, 3.63) is 53.6 Å². The molecule has 0 aliphatic carbocycles. The molecule has 1 heterocycles. The highest BCUT2D eigenvalue weighted by molar-refractivity contribution is 7.92. The Morgan fingerprint density at radius 1 is 1.04 bits per heavy atom. The van der Waals surface area contributed by atoms with Crippen LogP contribution >= 0.6 is 0 Å². The fourth-order valence-electron chi connectivity index (χ4n) is 2.92. The summed E-state index contributed by atoms with van der Waals surface area (Å²) in [4.78, 5) is 14.9. The van der Waals surface area contributed by atoms with Gasteiger partial charge in [0, 0.05) is 26.2 Å². The molecule has 7 nitrogen and oxygen atoms in total. The topological polar surface area (TPSA) is 89.9 Å². The maximum atomic E-state index is 13.5. The van der Waals surface area contributed by atoms with Gasteiger partial charge in [-0.05, 0) is 43.4 Å². The summed E-state index contributed by atoms with van der Waals surface area (Å²) in [6.45, 7) is 2.78. The minimum Gasteiger partial charge on any atom is -0.478 e. The Balaban J connectivity index is 1.99. The molecule has 2 aromatic carbocycles. The van der Waals surface area contributed by atoms with Gasteiger partial charge in [-0.1, -0.05) is 0 Å². The van der Waals surface area contributed by atoms with E-state index in [1.807, 2.05) is 11.9 Å². The number of benzene rings is 2. The molecule has 1 aliphatic heterocycles. The van der Waals surface area contributed by atoms with E-state index in [0.717, 1.165) is 25.2 Å². The van der Waals surface area contributed by atoms with Gasteiger partial charge in [0.2, 0.25) is 0 Å². The number of nitrogens with one attached hydrogen (secondary N) is 1. The number of carbonyl (C=O) groups is 1. The van der Waals surface area contributed by atoms with E-state index in [2.05, 4.69) is 9.62 Å². The smallest absolute Gasteiger partial charge is 0.335 e. The van der Waals surface area contributed by atoms with Gasteiger partial charge < -0.3 is 14.9 Å². The minimum absolute atomic E-state index is 0.0641. The van der Waals surface area contributed by atoms with Crippen LogP contribution in [0.3, 0.4) is 0 Å². The van der Waals surface area contributed by atoms with Crippen LogP contribution in [-0.4, -0.2) is 57.6 Å². The molecule has 0 radical (unpaired) electrons. The predicted molar refractivity (Wildman–Crippen MR) is 100 cm³/mol. The molecule has 2 aromatic rings. The molecule has 1 saturated heterocycles. The summed E-state index contributed by atoms with van der Waals surface area (Å²) in [5.74, 6) is -3.66. The first-order valence-electron chi connectivity index (χ1n) is 8.46. The summed E-state index contributed by atoms with van der Waals surface area (Å²) < 4.78 is 54.2. The molecule has 0 bridgehead atoms. The van der Waals surface area contributed by atoms with Crippen molar-refractivity contribution in [1.82, 2.24) is 4.90 Å². The van der Waals surface area contributed by atoms with E-state index in [0.29, 0.717) is 24.8 Å². The molecule has 0 amide bonds. The van der Waals surface area contributed by atoms with E-state index in [1.165, 1.54) is 18.2 Å². The summed E-state index contributed by atoms with van der Waals surface area (Å²) in [6.07, 6.45) is 0. The van der Waals surface area contributed by atoms with E-state index in [1.54, 1.807) is 0 Å². The van der Waals surface area contributed by atoms with Gasteiger partial charge in [-0.2, -0.15) is 0 Å². The summed E-state index contributed by atoms with van der Waals surface area (Å²) in [6, 6.07) is 6.39. The summed E-state index contributed by atoms with van der Waals surface area (Å²) in [7, 11) is -2.28. The third-order valence-electron chi connectivity index (χ3n) is 4.53. The predicted octanol–water partition coefficient (Wildman–Crippen LogP) is 2.22. The Hall–Kier alpha value is -2.72. The van der Waals surface area contributed by atoms with Crippen LogP contribution in [0.5, 0.6) is 0 Å². The first-order valence-corrected chi connectivity index (χ1v) is 9.94. The molecule has 0 spiro atoms. The lowest BCUT2D eigenvalue weighted by atomic mass is 10.1. The van der Waals surface area contributed by atoms with Gasteiger partial charge in [0.05, 0.1) is 21.8 Å². The van der Waals surface area contributed by atoms with Gasteiger partial charge in [-0.15, -0.1) is 0 Å². The molecular formula is C18H19F2N3O4S. The number of hydrogen-bond donors (Lipinski definition) is 2. The number of hydrogen-bond acceptors (Lipinski definition) is 5. The van der Waals surface area contributed by atoms with Gasteiger partial charge >= 0.3 is 5.97 Å². The second-order valence-corrected chi connectivity index (χ2v) is 8.19. The van der Waals surface area contributed by atoms with Gasteiger partial charge in [0.1, 0.15) is 0 Å². The Bertz CT molecular complexity index is 1010. The van der Waals surface area contributed by atoms with Crippen molar-refractivity contribution in [2.75, 3.05) is 42.8 Å². The lowest BCUT2D eigenvalue weighted by Crippen LogP contribution is -2.44. The standard InChI is InChI=1S/C18H19F2N3O4S/c1-22-6-8-23(9-7-22)17-5-2-12(18(24)25)10-16(17)21-28(26,27)13-3-4-14(19)15(20)11-13/h2-5,10-11,21H,6-9H2,1H3,(H,24,25). The molecule has 2 N–H and O–H groups in total. The van der Waals surface area contributed by atoms with Crippen molar-refractivity contribution in [3.8, 4) is 0 Å². The van der Waals surface area contributed by atoms with Crippen LogP contribution in [0, 0.1) is 11.6 Å². The van der Waals surface area contributed by atoms with Crippen molar-refractivity contribution >= 4 is 27.4 Å². The number of halogens is 2. The van der Waals surface area contributed by atoms with Crippen molar-refractivity contribution in [2.45, 2.75) is 4.90 Å². The average molecular weight is 411 g/mol. The van der Waals surface area contributed by atoms with Crippen molar-refractivity contribution in [2.24, 2.45) is 0 Å².